The lowest BCUT2D eigenvalue weighted by molar-refractivity contribution is 0.0910. The fourth-order valence-electron chi connectivity index (χ4n) is 2.66. The second-order valence-corrected chi connectivity index (χ2v) is 5.41. The van der Waals surface area contributed by atoms with Crippen LogP contribution in [-0.4, -0.2) is 18.0 Å². The molecular weight excluding hydrogens is 254 g/mol. The van der Waals surface area contributed by atoms with Crippen LogP contribution in [0.1, 0.15) is 43.0 Å². The summed E-state index contributed by atoms with van der Waals surface area (Å²) < 4.78 is 0. The Balaban J connectivity index is 2.03. The molecule has 1 fully saturated rings. The molecule has 20 heavy (non-hydrogen) atoms. The highest BCUT2D eigenvalue weighted by Gasteiger charge is 2.23. The maximum atomic E-state index is 12.2. The van der Waals surface area contributed by atoms with Crippen LogP contribution >= 0.6 is 0 Å². The van der Waals surface area contributed by atoms with Crippen molar-refractivity contribution >= 4 is 17.6 Å². The van der Waals surface area contributed by atoms with Crippen molar-refractivity contribution < 1.29 is 9.59 Å². The fraction of sp³-hybridized carbons (Fsp3) is 0.467. The second kappa shape index (κ2) is 6.41. The normalized spacial score (nSPS) is 22.1. The summed E-state index contributed by atoms with van der Waals surface area (Å²) >= 11 is 0. The molecule has 3 amide bonds. The predicted octanol–water partition coefficient (Wildman–Crippen LogP) is 2.49. The molecular formula is C15H21N3O2. The Bertz CT molecular complexity index is 502. The van der Waals surface area contributed by atoms with Crippen molar-refractivity contribution in [2.45, 2.75) is 38.6 Å². The lowest BCUT2D eigenvalue weighted by Crippen LogP contribution is -2.41. The lowest BCUT2D eigenvalue weighted by Gasteiger charge is -2.29. The predicted molar refractivity (Wildman–Crippen MR) is 78.5 cm³/mol. The van der Waals surface area contributed by atoms with Gasteiger partial charge in [-0.05, 0) is 37.0 Å². The van der Waals surface area contributed by atoms with Gasteiger partial charge in [-0.1, -0.05) is 25.8 Å². The van der Waals surface area contributed by atoms with Gasteiger partial charge in [0.15, 0.2) is 0 Å². The molecule has 5 heteroatoms. The molecule has 1 saturated carbocycles. The van der Waals surface area contributed by atoms with Gasteiger partial charge in [0, 0.05) is 17.3 Å². The summed E-state index contributed by atoms with van der Waals surface area (Å²) in [6.45, 7) is 2.18. The number of hydrogen-bond acceptors (Lipinski definition) is 2. The molecule has 2 rings (SSSR count). The summed E-state index contributed by atoms with van der Waals surface area (Å²) in [7, 11) is 0. The average molecular weight is 275 g/mol. The van der Waals surface area contributed by atoms with Crippen LogP contribution in [0.3, 0.4) is 0 Å². The number of anilines is 1. The Morgan fingerprint density at radius 3 is 2.70 bits per heavy atom. The quantitative estimate of drug-likeness (QED) is 0.791. The molecule has 0 aromatic heterocycles. The maximum absolute atomic E-state index is 12.2. The van der Waals surface area contributed by atoms with Crippen LogP contribution in [0.5, 0.6) is 0 Å². The van der Waals surface area contributed by atoms with E-state index in [2.05, 4.69) is 17.6 Å². The number of urea groups is 1. The Morgan fingerprint density at radius 1 is 1.25 bits per heavy atom. The van der Waals surface area contributed by atoms with Gasteiger partial charge in [0.1, 0.15) is 0 Å². The first kappa shape index (κ1) is 14.4. The van der Waals surface area contributed by atoms with Gasteiger partial charge in [0.2, 0.25) is 0 Å². The SMILES string of the molecule is C[C@@H]1CCCC[C@H]1NC(=O)c1cccc(NC(N)=O)c1. The van der Waals surface area contributed by atoms with Crippen LogP contribution in [0.2, 0.25) is 0 Å². The summed E-state index contributed by atoms with van der Waals surface area (Å²) in [5, 5.41) is 5.55. The summed E-state index contributed by atoms with van der Waals surface area (Å²) in [6.07, 6.45) is 4.60. The average Bonchev–Trinajstić information content (AvgIpc) is 2.41. The largest absolute Gasteiger partial charge is 0.351 e. The van der Waals surface area contributed by atoms with Crippen LogP contribution in [0.4, 0.5) is 10.5 Å². The third-order valence-electron chi connectivity index (χ3n) is 3.82. The number of benzene rings is 1. The molecule has 0 unspecified atom stereocenters. The number of primary amides is 1. The zero-order valence-electron chi connectivity index (χ0n) is 11.7. The fourth-order valence-corrected chi connectivity index (χ4v) is 2.66. The summed E-state index contributed by atoms with van der Waals surface area (Å²) in [6, 6.07) is 6.39. The molecule has 0 aliphatic heterocycles. The Morgan fingerprint density at radius 2 is 2.00 bits per heavy atom. The molecule has 4 N–H and O–H groups in total. The van der Waals surface area contributed by atoms with E-state index >= 15 is 0 Å². The van der Waals surface area contributed by atoms with Crippen molar-refractivity contribution in [3.05, 3.63) is 29.8 Å². The molecule has 1 aliphatic carbocycles. The topological polar surface area (TPSA) is 84.2 Å². The summed E-state index contributed by atoms with van der Waals surface area (Å²) in [4.78, 5) is 23.1. The minimum atomic E-state index is -0.636. The molecule has 108 valence electrons. The highest BCUT2D eigenvalue weighted by atomic mass is 16.2. The lowest BCUT2D eigenvalue weighted by atomic mass is 9.86. The van der Waals surface area contributed by atoms with E-state index in [0.29, 0.717) is 17.2 Å². The second-order valence-electron chi connectivity index (χ2n) is 5.41. The van der Waals surface area contributed by atoms with E-state index in [9.17, 15) is 9.59 Å². The van der Waals surface area contributed by atoms with Crippen molar-refractivity contribution in [1.82, 2.24) is 5.32 Å². The zero-order chi connectivity index (χ0) is 14.5. The minimum Gasteiger partial charge on any atom is -0.351 e. The molecule has 5 nitrogen and oxygen atoms in total. The van der Waals surface area contributed by atoms with Gasteiger partial charge in [-0.2, -0.15) is 0 Å². The highest BCUT2D eigenvalue weighted by molar-refractivity contribution is 5.96. The molecule has 1 aliphatic rings. The van der Waals surface area contributed by atoms with Gasteiger partial charge in [0.05, 0.1) is 0 Å². The van der Waals surface area contributed by atoms with Crippen LogP contribution in [-0.2, 0) is 0 Å². The summed E-state index contributed by atoms with van der Waals surface area (Å²) in [5.74, 6) is 0.413. The van der Waals surface area contributed by atoms with Gasteiger partial charge in [0.25, 0.3) is 5.91 Å². The standard InChI is InChI=1S/C15H21N3O2/c1-10-5-2-3-8-13(10)18-14(19)11-6-4-7-12(9-11)17-15(16)20/h4,6-7,9-10,13H,2-3,5,8H2,1H3,(H,18,19)(H3,16,17,20)/t10-,13-/m1/s1. The van der Waals surface area contributed by atoms with E-state index in [0.717, 1.165) is 12.8 Å². The molecule has 0 spiro atoms. The first-order chi connectivity index (χ1) is 9.56. The van der Waals surface area contributed by atoms with Crippen molar-refractivity contribution in [2.75, 3.05) is 5.32 Å². The first-order valence-electron chi connectivity index (χ1n) is 7.03. The van der Waals surface area contributed by atoms with E-state index in [-0.39, 0.29) is 11.9 Å². The van der Waals surface area contributed by atoms with Crippen molar-refractivity contribution in [2.24, 2.45) is 11.7 Å². The third-order valence-corrected chi connectivity index (χ3v) is 3.82. The van der Waals surface area contributed by atoms with Gasteiger partial charge >= 0.3 is 6.03 Å². The Labute approximate surface area is 118 Å². The molecule has 0 saturated heterocycles. The maximum Gasteiger partial charge on any atom is 0.316 e. The number of carbonyl (C=O) groups is 2. The van der Waals surface area contributed by atoms with Crippen molar-refractivity contribution in [1.29, 1.82) is 0 Å². The number of nitrogens with one attached hydrogen (secondary N) is 2. The van der Waals surface area contributed by atoms with Crippen LogP contribution in [0.25, 0.3) is 0 Å². The Hall–Kier alpha value is -2.04. The highest BCUT2D eigenvalue weighted by Crippen LogP contribution is 2.24. The van der Waals surface area contributed by atoms with Crippen LogP contribution in [0.15, 0.2) is 24.3 Å². The summed E-state index contributed by atoms with van der Waals surface area (Å²) in [5.41, 5.74) is 6.13. The van der Waals surface area contributed by atoms with E-state index in [1.165, 1.54) is 12.8 Å². The Kier molecular flexibility index (Phi) is 4.61. The number of rotatable bonds is 3. The van der Waals surface area contributed by atoms with Crippen LogP contribution < -0.4 is 16.4 Å². The number of amides is 3. The molecule has 0 bridgehead atoms. The van der Waals surface area contributed by atoms with E-state index < -0.39 is 6.03 Å². The molecule has 1 aromatic carbocycles. The number of nitrogens with two attached hydrogens (primary N) is 1. The van der Waals surface area contributed by atoms with Crippen molar-refractivity contribution in [3.63, 3.8) is 0 Å². The van der Waals surface area contributed by atoms with E-state index in [4.69, 9.17) is 5.73 Å². The smallest absolute Gasteiger partial charge is 0.316 e. The van der Waals surface area contributed by atoms with E-state index in [1.54, 1.807) is 24.3 Å². The zero-order valence-corrected chi connectivity index (χ0v) is 11.7. The van der Waals surface area contributed by atoms with Gasteiger partial charge in [-0.3, -0.25) is 4.79 Å². The monoisotopic (exact) mass is 275 g/mol. The van der Waals surface area contributed by atoms with Crippen molar-refractivity contribution in [3.8, 4) is 0 Å². The first-order valence-corrected chi connectivity index (χ1v) is 7.03. The third kappa shape index (κ3) is 3.73. The molecule has 0 heterocycles. The molecule has 0 radical (unpaired) electrons. The van der Waals surface area contributed by atoms with Gasteiger partial charge < -0.3 is 16.4 Å². The van der Waals surface area contributed by atoms with Gasteiger partial charge in [-0.25, -0.2) is 4.79 Å². The molecule has 2 atom stereocenters. The van der Waals surface area contributed by atoms with Crippen LogP contribution in [0, 0.1) is 5.92 Å². The number of hydrogen-bond donors (Lipinski definition) is 3. The van der Waals surface area contributed by atoms with E-state index in [1.807, 2.05) is 0 Å². The number of carbonyl (C=O) groups excluding carboxylic acids is 2. The molecule has 1 aromatic rings. The minimum absolute atomic E-state index is 0.100. The van der Waals surface area contributed by atoms with Gasteiger partial charge in [-0.15, -0.1) is 0 Å².